The zero-order valence-electron chi connectivity index (χ0n) is 8.16. The molecule has 78 valence electrons. The van der Waals surface area contributed by atoms with Crippen molar-refractivity contribution in [3.63, 3.8) is 0 Å². The Labute approximate surface area is 89.1 Å². The van der Waals surface area contributed by atoms with E-state index in [2.05, 4.69) is 0 Å². The van der Waals surface area contributed by atoms with E-state index in [1.807, 2.05) is 14.1 Å². The summed E-state index contributed by atoms with van der Waals surface area (Å²) in [6.07, 6.45) is 0. The van der Waals surface area contributed by atoms with Crippen LogP contribution in [-0.4, -0.2) is 19.0 Å². The molecule has 0 aromatic heterocycles. The normalized spacial score (nSPS) is 9.64. The average Bonchev–Trinajstić information content (AvgIpc) is 2.04. The highest BCUT2D eigenvalue weighted by atomic mass is 35.5. The molecule has 0 atom stereocenters. The summed E-state index contributed by atoms with van der Waals surface area (Å²) in [5.41, 5.74) is 1.27. The molecule has 0 aliphatic rings. The number of hydrogen-bond donors (Lipinski definition) is 1. The van der Waals surface area contributed by atoms with Gasteiger partial charge in [-0.15, -0.1) is 0 Å². The van der Waals surface area contributed by atoms with Gasteiger partial charge in [0.25, 0.3) is 5.69 Å². The summed E-state index contributed by atoms with van der Waals surface area (Å²) in [6.45, 7) is 0.887. The average molecular weight is 217 g/mol. The van der Waals surface area contributed by atoms with Crippen LogP contribution in [0.5, 0.6) is 0 Å². The fourth-order valence-corrected chi connectivity index (χ4v) is 1.14. The summed E-state index contributed by atoms with van der Waals surface area (Å²) in [7, 11) is 4.09. The lowest BCUT2D eigenvalue weighted by atomic mass is 10.2. The SMILES string of the molecule is C[NH+](C)Cc1ccc([N+](=O)[O-])cc1.[Cl-]. The minimum absolute atomic E-state index is 0. The molecule has 0 aliphatic carbocycles. The molecule has 0 saturated heterocycles. The maximum Gasteiger partial charge on any atom is 0.269 e. The van der Waals surface area contributed by atoms with Crippen molar-refractivity contribution in [1.82, 2.24) is 0 Å². The summed E-state index contributed by atoms with van der Waals surface area (Å²) in [6, 6.07) is 6.67. The second-order valence-corrected chi connectivity index (χ2v) is 3.31. The van der Waals surface area contributed by atoms with Gasteiger partial charge in [-0.05, 0) is 12.1 Å². The Balaban J connectivity index is 0.00000169. The van der Waals surface area contributed by atoms with Crippen LogP contribution in [-0.2, 0) is 6.54 Å². The third-order valence-corrected chi connectivity index (χ3v) is 1.70. The first-order valence-corrected chi connectivity index (χ1v) is 4.12. The molecule has 0 bridgehead atoms. The number of benzene rings is 1. The van der Waals surface area contributed by atoms with Crippen molar-refractivity contribution in [1.29, 1.82) is 0 Å². The van der Waals surface area contributed by atoms with Crippen molar-refractivity contribution >= 4 is 5.69 Å². The summed E-state index contributed by atoms with van der Waals surface area (Å²) in [5, 5.41) is 10.3. The fraction of sp³-hybridized carbons (Fsp3) is 0.333. The van der Waals surface area contributed by atoms with Gasteiger partial charge in [0.15, 0.2) is 0 Å². The lowest BCUT2D eigenvalue weighted by molar-refractivity contribution is -0.872. The molecule has 1 aromatic carbocycles. The predicted molar refractivity (Wildman–Crippen MR) is 49.6 cm³/mol. The van der Waals surface area contributed by atoms with Crippen molar-refractivity contribution in [2.45, 2.75) is 6.54 Å². The van der Waals surface area contributed by atoms with Gasteiger partial charge in [0.2, 0.25) is 0 Å². The zero-order valence-corrected chi connectivity index (χ0v) is 8.91. The van der Waals surface area contributed by atoms with Gasteiger partial charge in [-0.1, -0.05) is 0 Å². The van der Waals surface area contributed by atoms with Gasteiger partial charge in [0.05, 0.1) is 19.0 Å². The number of nitro groups is 1. The maximum absolute atomic E-state index is 10.3. The van der Waals surface area contributed by atoms with E-state index in [1.165, 1.54) is 17.0 Å². The molecule has 1 aromatic rings. The Kier molecular flexibility index (Phi) is 5.12. The van der Waals surface area contributed by atoms with Crippen LogP contribution in [0.4, 0.5) is 5.69 Å². The lowest BCUT2D eigenvalue weighted by Crippen LogP contribution is -3.04. The molecule has 1 rings (SSSR count). The Morgan fingerprint density at radius 2 is 1.79 bits per heavy atom. The number of nitrogens with one attached hydrogen (secondary N) is 1. The number of halogens is 1. The molecule has 1 N–H and O–H groups in total. The van der Waals surface area contributed by atoms with Crippen molar-refractivity contribution in [3.8, 4) is 0 Å². The molecule has 14 heavy (non-hydrogen) atoms. The highest BCUT2D eigenvalue weighted by Gasteiger charge is 2.04. The maximum atomic E-state index is 10.3. The van der Waals surface area contributed by atoms with Gasteiger partial charge in [-0.25, -0.2) is 0 Å². The molecule has 0 spiro atoms. The summed E-state index contributed by atoms with van der Waals surface area (Å²) in [4.78, 5) is 11.3. The quantitative estimate of drug-likeness (QED) is 0.440. The van der Waals surface area contributed by atoms with Crippen LogP contribution in [0.2, 0.25) is 0 Å². The van der Waals surface area contributed by atoms with Crippen molar-refractivity contribution < 1.29 is 22.2 Å². The Morgan fingerprint density at radius 3 is 2.14 bits per heavy atom. The van der Waals surface area contributed by atoms with Crippen LogP contribution in [0, 0.1) is 10.1 Å². The number of hydrogen-bond acceptors (Lipinski definition) is 2. The summed E-state index contributed by atoms with van der Waals surface area (Å²) >= 11 is 0. The second-order valence-electron chi connectivity index (χ2n) is 3.31. The molecule has 0 unspecified atom stereocenters. The number of quaternary nitrogens is 1. The van der Waals surface area contributed by atoms with E-state index in [-0.39, 0.29) is 23.0 Å². The number of nitro benzene ring substituents is 1. The molecule has 0 saturated carbocycles. The van der Waals surface area contributed by atoms with E-state index in [9.17, 15) is 10.1 Å². The minimum Gasteiger partial charge on any atom is -1.00 e. The third kappa shape index (κ3) is 3.72. The molecule has 0 aliphatic heterocycles. The lowest BCUT2D eigenvalue weighted by Gasteiger charge is -2.05. The molecule has 0 amide bonds. The van der Waals surface area contributed by atoms with Gasteiger partial charge >= 0.3 is 0 Å². The largest absolute Gasteiger partial charge is 1.00 e. The van der Waals surface area contributed by atoms with Gasteiger partial charge in [-0.2, -0.15) is 0 Å². The molecule has 4 nitrogen and oxygen atoms in total. The Hall–Kier alpha value is -1.13. The van der Waals surface area contributed by atoms with E-state index in [4.69, 9.17) is 0 Å². The molecule has 0 heterocycles. The summed E-state index contributed by atoms with van der Waals surface area (Å²) < 4.78 is 0. The fourth-order valence-electron chi connectivity index (χ4n) is 1.14. The molecular formula is C9H13ClN2O2. The third-order valence-electron chi connectivity index (χ3n) is 1.70. The molecule has 0 radical (unpaired) electrons. The van der Waals surface area contributed by atoms with Crippen molar-refractivity contribution in [3.05, 3.63) is 39.9 Å². The number of nitrogens with zero attached hydrogens (tertiary/aromatic N) is 1. The van der Waals surface area contributed by atoms with Gasteiger partial charge < -0.3 is 17.3 Å². The van der Waals surface area contributed by atoms with E-state index >= 15 is 0 Å². The van der Waals surface area contributed by atoms with Crippen LogP contribution >= 0.6 is 0 Å². The van der Waals surface area contributed by atoms with E-state index in [0.717, 1.165) is 12.1 Å². The van der Waals surface area contributed by atoms with Crippen LogP contribution in [0.1, 0.15) is 5.56 Å². The number of rotatable bonds is 3. The van der Waals surface area contributed by atoms with Gasteiger partial charge in [0.1, 0.15) is 6.54 Å². The van der Waals surface area contributed by atoms with Crippen molar-refractivity contribution in [2.75, 3.05) is 14.1 Å². The first kappa shape index (κ1) is 12.9. The minimum atomic E-state index is -0.383. The zero-order chi connectivity index (χ0) is 9.84. The van der Waals surface area contributed by atoms with Crippen molar-refractivity contribution in [2.24, 2.45) is 0 Å². The monoisotopic (exact) mass is 216 g/mol. The first-order valence-electron chi connectivity index (χ1n) is 4.12. The summed E-state index contributed by atoms with van der Waals surface area (Å²) in [5.74, 6) is 0. The second kappa shape index (κ2) is 5.57. The van der Waals surface area contributed by atoms with Crippen LogP contribution in [0.25, 0.3) is 0 Å². The first-order chi connectivity index (χ1) is 6.09. The highest BCUT2D eigenvalue weighted by Crippen LogP contribution is 2.10. The van der Waals surface area contributed by atoms with Gasteiger partial charge in [-0.3, -0.25) is 10.1 Å². The molecule has 0 fully saturated rings. The van der Waals surface area contributed by atoms with Crippen LogP contribution in [0.3, 0.4) is 0 Å². The number of non-ortho nitro benzene ring substituents is 1. The van der Waals surface area contributed by atoms with E-state index in [1.54, 1.807) is 12.1 Å². The van der Waals surface area contributed by atoms with Gasteiger partial charge in [0, 0.05) is 17.7 Å². The van der Waals surface area contributed by atoms with Crippen LogP contribution < -0.4 is 17.3 Å². The predicted octanol–water partition coefficient (Wildman–Crippen LogP) is -2.76. The van der Waals surface area contributed by atoms with E-state index < -0.39 is 0 Å². The van der Waals surface area contributed by atoms with Crippen LogP contribution in [0.15, 0.2) is 24.3 Å². The Bertz CT molecular complexity index is 298. The highest BCUT2D eigenvalue weighted by molar-refractivity contribution is 5.32. The molecule has 5 heteroatoms. The topological polar surface area (TPSA) is 47.6 Å². The van der Waals surface area contributed by atoms with E-state index in [0.29, 0.717) is 0 Å². The smallest absolute Gasteiger partial charge is 0.269 e. The Morgan fingerprint density at radius 1 is 1.29 bits per heavy atom. The standard InChI is InChI=1S/C9H12N2O2.ClH/c1-10(2)7-8-3-5-9(6-4-8)11(12)13;/h3-6H,7H2,1-2H3;1H. The molecular weight excluding hydrogens is 204 g/mol.